The Morgan fingerprint density at radius 1 is 1.53 bits per heavy atom. The number of carbonyl (C=O) groups is 1. The molecule has 0 aromatic carbocycles. The third kappa shape index (κ3) is 3.63. The van der Waals surface area contributed by atoms with Gasteiger partial charge in [0.2, 0.25) is 5.91 Å². The molecule has 0 spiro atoms. The molecule has 1 atom stereocenters. The summed E-state index contributed by atoms with van der Waals surface area (Å²) >= 11 is 3.35. The van der Waals surface area contributed by atoms with Gasteiger partial charge >= 0.3 is 0 Å². The molecule has 0 saturated carbocycles. The number of carbonyl (C=O) groups excluding carboxylic acids is 1. The Kier molecular flexibility index (Phi) is 4.75. The monoisotopic (exact) mass is 270 g/mol. The summed E-state index contributed by atoms with van der Waals surface area (Å²) in [7, 11) is 1.81. The molecule has 0 aliphatic heterocycles. The molecule has 1 aromatic heterocycles. The van der Waals surface area contributed by atoms with Crippen LogP contribution in [0.2, 0.25) is 0 Å². The average molecular weight is 271 g/mol. The van der Waals surface area contributed by atoms with Crippen LogP contribution in [0.3, 0.4) is 0 Å². The topological polar surface area (TPSA) is 33.2 Å². The second kappa shape index (κ2) is 5.85. The summed E-state index contributed by atoms with van der Waals surface area (Å²) in [4.78, 5) is 17.3. The molecule has 1 unspecified atom stereocenters. The maximum Gasteiger partial charge on any atom is 0.236 e. The minimum atomic E-state index is -0.0793. The molecule has 4 heteroatoms. The highest BCUT2D eigenvalue weighted by Crippen LogP contribution is 2.10. The van der Waals surface area contributed by atoms with Crippen molar-refractivity contribution in [3.8, 4) is 0 Å². The molecular weight excluding hydrogens is 256 g/mol. The molecule has 0 saturated heterocycles. The number of hydrogen-bond donors (Lipinski definition) is 0. The Bertz CT molecular complexity index is 316. The zero-order valence-electron chi connectivity index (χ0n) is 8.98. The normalized spacial score (nSPS) is 12.2. The average Bonchev–Trinajstić information content (AvgIpc) is 2.28. The molecule has 0 aliphatic carbocycles. The third-order valence-electron chi connectivity index (χ3n) is 2.17. The standard InChI is InChI=1S/C11H15BrN2O/c1-3-10(12)11(15)14(2)8-9-4-6-13-7-5-9/h4-7,10H,3,8H2,1-2H3. The van der Waals surface area contributed by atoms with Crippen molar-refractivity contribution in [2.24, 2.45) is 0 Å². The SMILES string of the molecule is CCC(Br)C(=O)N(C)Cc1ccncc1. The van der Waals surface area contributed by atoms with Crippen LogP contribution in [-0.4, -0.2) is 27.7 Å². The van der Waals surface area contributed by atoms with Crippen molar-refractivity contribution in [2.75, 3.05) is 7.05 Å². The molecule has 0 bridgehead atoms. The van der Waals surface area contributed by atoms with Gasteiger partial charge < -0.3 is 4.90 Å². The van der Waals surface area contributed by atoms with Crippen LogP contribution in [0.25, 0.3) is 0 Å². The van der Waals surface area contributed by atoms with Crippen LogP contribution in [0, 0.1) is 0 Å². The van der Waals surface area contributed by atoms with Crippen LogP contribution in [0.4, 0.5) is 0 Å². The van der Waals surface area contributed by atoms with Gasteiger partial charge in [0.1, 0.15) is 0 Å². The molecule has 3 nitrogen and oxygen atoms in total. The van der Waals surface area contributed by atoms with Crippen molar-refractivity contribution < 1.29 is 4.79 Å². The maximum atomic E-state index is 11.7. The van der Waals surface area contributed by atoms with Gasteiger partial charge in [0.15, 0.2) is 0 Å². The number of nitrogens with zero attached hydrogens (tertiary/aromatic N) is 2. The summed E-state index contributed by atoms with van der Waals surface area (Å²) in [5.41, 5.74) is 1.09. The van der Waals surface area contributed by atoms with E-state index in [0.29, 0.717) is 6.54 Å². The van der Waals surface area contributed by atoms with Gasteiger partial charge in [0, 0.05) is 26.0 Å². The molecule has 0 radical (unpaired) electrons. The first-order valence-electron chi connectivity index (χ1n) is 4.93. The number of aromatic nitrogens is 1. The summed E-state index contributed by atoms with van der Waals surface area (Å²) in [6.07, 6.45) is 4.28. The van der Waals surface area contributed by atoms with Gasteiger partial charge in [0.05, 0.1) is 4.83 Å². The minimum Gasteiger partial charge on any atom is -0.340 e. The van der Waals surface area contributed by atoms with Crippen LogP contribution in [0.5, 0.6) is 0 Å². The molecule has 15 heavy (non-hydrogen) atoms. The first kappa shape index (κ1) is 12.2. The smallest absolute Gasteiger partial charge is 0.236 e. The lowest BCUT2D eigenvalue weighted by molar-refractivity contribution is -0.129. The van der Waals surface area contributed by atoms with E-state index in [0.717, 1.165) is 12.0 Å². The molecule has 1 heterocycles. The number of alkyl halides is 1. The summed E-state index contributed by atoms with van der Waals surface area (Å²) in [5.74, 6) is 0.120. The van der Waals surface area contributed by atoms with E-state index in [1.54, 1.807) is 17.3 Å². The molecular formula is C11H15BrN2O. The fourth-order valence-electron chi connectivity index (χ4n) is 1.25. The Hall–Kier alpha value is -0.900. The van der Waals surface area contributed by atoms with Gasteiger partial charge in [-0.25, -0.2) is 0 Å². The van der Waals surface area contributed by atoms with Gasteiger partial charge in [-0.2, -0.15) is 0 Å². The number of pyridine rings is 1. The summed E-state index contributed by atoms with van der Waals surface area (Å²) < 4.78 is 0. The Labute approximate surface area is 98.6 Å². The van der Waals surface area contributed by atoms with Gasteiger partial charge in [-0.3, -0.25) is 9.78 Å². The van der Waals surface area contributed by atoms with E-state index in [2.05, 4.69) is 20.9 Å². The van der Waals surface area contributed by atoms with E-state index in [9.17, 15) is 4.79 Å². The third-order valence-corrected chi connectivity index (χ3v) is 3.21. The van der Waals surface area contributed by atoms with Gasteiger partial charge in [-0.1, -0.05) is 22.9 Å². The second-order valence-corrected chi connectivity index (χ2v) is 4.53. The Morgan fingerprint density at radius 3 is 2.67 bits per heavy atom. The van der Waals surface area contributed by atoms with E-state index in [4.69, 9.17) is 0 Å². The quantitative estimate of drug-likeness (QED) is 0.787. The number of hydrogen-bond acceptors (Lipinski definition) is 2. The number of rotatable bonds is 4. The van der Waals surface area contributed by atoms with E-state index in [1.807, 2.05) is 26.1 Å². The fourth-order valence-corrected chi connectivity index (χ4v) is 1.60. The van der Waals surface area contributed by atoms with E-state index in [-0.39, 0.29) is 10.7 Å². The van der Waals surface area contributed by atoms with Crippen LogP contribution < -0.4 is 0 Å². The zero-order chi connectivity index (χ0) is 11.3. The van der Waals surface area contributed by atoms with Gasteiger partial charge in [-0.15, -0.1) is 0 Å². The van der Waals surface area contributed by atoms with E-state index < -0.39 is 0 Å². The van der Waals surface area contributed by atoms with Crippen LogP contribution >= 0.6 is 15.9 Å². The Balaban J connectivity index is 2.56. The number of halogens is 1. The molecule has 1 rings (SSSR count). The van der Waals surface area contributed by atoms with Crippen LogP contribution in [0.15, 0.2) is 24.5 Å². The van der Waals surface area contributed by atoms with Gasteiger partial charge in [0.25, 0.3) is 0 Å². The lowest BCUT2D eigenvalue weighted by atomic mass is 10.2. The highest BCUT2D eigenvalue weighted by atomic mass is 79.9. The largest absolute Gasteiger partial charge is 0.340 e. The van der Waals surface area contributed by atoms with Crippen molar-refractivity contribution in [2.45, 2.75) is 24.7 Å². The highest BCUT2D eigenvalue weighted by molar-refractivity contribution is 9.10. The van der Waals surface area contributed by atoms with Crippen LogP contribution in [-0.2, 0) is 11.3 Å². The molecule has 0 fully saturated rings. The zero-order valence-corrected chi connectivity index (χ0v) is 10.6. The van der Waals surface area contributed by atoms with Gasteiger partial charge in [-0.05, 0) is 24.1 Å². The molecule has 82 valence electrons. The predicted molar refractivity (Wildman–Crippen MR) is 63.7 cm³/mol. The Morgan fingerprint density at radius 2 is 2.13 bits per heavy atom. The molecule has 1 amide bonds. The van der Waals surface area contributed by atoms with Crippen molar-refractivity contribution in [1.29, 1.82) is 0 Å². The summed E-state index contributed by atoms with van der Waals surface area (Å²) in [6.45, 7) is 2.61. The fraction of sp³-hybridized carbons (Fsp3) is 0.455. The summed E-state index contributed by atoms with van der Waals surface area (Å²) in [5, 5.41) is 0. The predicted octanol–water partition coefficient (Wildman–Crippen LogP) is 2.21. The minimum absolute atomic E-state index is 0.0793. The van der Waals surface area contributed by atoms with Crippen molar-refractivity contribution in [3.63, 3.8) is 0 Å². The lowest BCUT2D eigenvalue weighted by Gasteiger charge is -2.19. The first-order valence-corrected chi connectivity index (χ1v) is 5.84. The molecule has 0 aliphatic rings. The number of amides is 1. The molecule has 1 aromatic rings. The lowest BCUT2D eigenvalue weighted by Crippen LogP contribution is -2.32. The molecule has 0 N–H and O–H groups in total. The van der Waals surface area contributed by atoms with E-state index in [1.165, 1.54) is 0 Å². The van der Waals surface area contributed by atoms with E-state index >= 15 is 0 Å². The van der Waals surface area contributed by atoms with Crippen molar-refractivity contribution >= 4 is 21.8 Å². The van der Waals surface area contributed by atoms with Crippen molar-refractivity contribution in [3.05, 3.63) is 30.1 Å². The van der Waals surface area contributed by atoms with Crippen LogP contribution in [0.1, 0.15) is 18.9 Å². The maximum absolute atomic E-state index is 11.7. The second-order valence-electron chi connectivity index (χ2n) is 3.43. The highest BCUT2D eigenvalue weighted by Gasteiger charge is 2.16. The first-order chi connectivity index (χ1) is 7.15. The van der Waals surface area contributed by atoms with Crippen molar-refractivity contribution in [1.82, 2.24) is 9.88 Å². The summed E-state index contributed by atoms with van der Waals surface area (Å²) in [6, 6.07) is 3.83.